The van der Waals surface area contributed by atoms with Gasteiger partial charge in [-0.3, -0.25) is 4.32 Å². The van der Waals surface area contributed by atoms with Gasteiger partial charge in [0.05, 0.1) is 0 Å². The highest BCUT2D eigenvalue weighted by atomic mass is 19.1. The first-order valence-electron chi connectivity index (χ1n) is 8.83. The summed E-state index contributed by atoms with van der Waals surface area (Å²) in [5.41, 5.74) is 7.31. The highest BCUT2D eigenvalue weighted by molar-refractivity contribution is 6.65. The van der Waals surface area contributed by atoms with Crippen molar-refractivity contribution in [3.05, 3.63) is 70.7 Å². The van der Waals surface area contributed by atoms with Crippen molar-refractivity contribution in [1.82, 2.24) is 9.38 Å². The Bertz CT molecular complexity index is 848. The van der Waals surface area contributed by atoms with Gasteiger partial charge < -0.3 is 9.38 Å². The Morgan fingerprint density at radius 1 is 1.12 bits per heavy atom. The lowest BCUT2D eigenvalue weighted by Crippen LogP contribution is -2.35. The smallest absolute Gasteiger partial charge is 0.368 e. The minimum absolute atomic E-state index is 0.366. The maximum absolute atomic E-state index is 15.4. The first kappa shape index (κ1) is 17.6. The second-order valence-electron chi connectivity index (χ2n) is 7.11. The number of aryl methyl sites for hydroxylation is 2. The Balaban J connectivity index is 2.17. The predicted octanol–water partition coefficient (Wildman–Crippen LogP) is 4.33. The summed E-state index contributed by atoms with van der Waals surface area (Å²) in [5, 5.41) is 0. The third-order valence-corrected chi connectivity index (χ3v) is 5.26. The zero-order chi connectivity index (χ0) is 18.3. The fraction of sp³-hybridized carbons (Fsp3) is 0.333. The number of halogens is 1. The van der Waals surface area contributed by atoms with Gasteiger partial charge in [-0.05, 0) is 62.9 Å². The summed E-state index contributed by atoms with van der Waals surface area (Å²) in [5.74, 6) is 0. The van der Waals surface area contributed by atoms with Gasteiger partial charge in [-0.1, -0.05) is 36.4 Å². The van der Waals surface area contributed by atoms with Crippen molar-refractivity contribution in [3.8, 4) is 0 Å². The molecule has 3 rings (SSSR count). The Kier molecular flexibility index (Phi) is 4.63. The van der Waals surface area contributed by atoms with E-state index >= 15 is 4.32 Å². The lowest BCUT2D eigenvalue weighted by molar-refractivity contribution is 0.404. The lowest BCUT2D eigenvalue weighted by atomic mass is 9.75. The maximum atomic E-state index is 15.4. The number of aromatic nitrogens is 1. The van der Waals surface area contributed by atoms with Crippen molar-refractivity contribution in [2.24, 2.45) is 0 Å². The molecule has 0 N–H and O–H groups in total. The van der Waals surface area contributed by atoms with E-state index in [0.29, 0.717) is 11.5 Å². The monoisotopic (exact) mass is 336 g/mol. The molecule has 1 aromatic carbocycles. The summed E-state index contributed by atoms with van der Waals surface area (Å²) in [6.45, 7) is 10.5. The van der Waals surface area contributed by atoms with E-state index in [4.69, 9.17) is 0 Å². The third kappa shape index (κ3) is 2.94. The minimum Gasteiger partial charge on any atom is -0.368 e. The van der Waals surface area contributed by atoms with Crippen LogP contribution in [0.5, 0.6) is 0 Å². The van der Waals surface area contributed by atoms with E-state index in [9.17, 15) is 0 Å². The zero-order valence-electron chi connectivity index (χ0n) is 16.0. The molecular weight excluding hydrogens is 310 g/mol. The average molecular weight is 336 g/mol. The van der Waals surface area contributed by atoms with Gasteiger partial charge in [0.2, 0.25) is 0 Å². The molecule has 130 valence electrons. The van der Waals surface area contributed by atoms with Crippen molar-refractivity contribution in [1.29, 1.82) is 0 Å². The topological polar surface area (TPSA) is 8.17 Å². The highest BCUT2D eigenvalue weighted by Crippen LogP contribution is 2.34. The molecule has 2 aromatic rings. The molecular formula is C21H26BFN2. The standard InChI is InChI=1S/C21H26BFN2/c1-14-12-16(3)24(6)20(14)18(5)21-15(2)13-17(4)25(21)22(23)19-10-8-7-9-11-19/h7-13,16H,1-6H3/b20-18-. The normalized spacial score (nSPS) is 19.2. The number of rotatable bonds is 3. The summed E-state index contributed by atoms with van der Waals surface area (Å²) in [6, 6.07) is 11.8. The summed E-state index contributed by atoms with van der Waals surface area (Å²) in [7, 11) is 0.921. The van der Waals surface area contributed by atoms with Crippen LogP contribution in [0.1, 0.15) is 37.7 Å². The van der Waals surface area contributed by atoms with Gasteiger partial charge in [0.25, 0.3) is 0 Å². The maximum Gasteiger partial charge on any atom is 0.499 e. The van der Waals surface area contributed by atoms with Crippen LogP contribution >= 0.6 is 0 Å². The average Bonchev–Trinajstić information content (AvgIpc) is 3.02. The molecule has 2 heterocycles. The third-order valence-electron chi connectivity index (χ3n) is 5.26. The van der Waals surface area contributed by atoms with E-state index in [0.717, 1.165) is 22.5 Å². The van der Waals surface area contributed by atoms with Gasteiger partial charge >= 0.3 is 7.12 Å². The molecule has 0 radical (unpaired) electrons. The van der Waals surface area contributed by atoms with Crippen LogP contribution in [0.2, 0.25) is 0 Å². The predicted molar refractivity (Wildman–Crippen MR) is 106 cm³/mol. The summed E-state index contributed by atoms with van der Waals surface area (Å²) in [6.07, 6.45) is 2.26. The Labute approximate surface area is 150 Å². The number of likely N-dealkylation sites (N-methyl/N-ethyl adjacent to an activating group) is 1. The Hall–Kier alpha value is -2.23. The quantitative estimate of drug-likeness (QED) is 0.758. The van der Waals surface area contributed by atoms with Crippen molar-refractivity contribution in [3.63, 3.8) is 0 Å². The van der Waals surface area contributed by atoms with Crippen LogP contribution < -0.4 is 5.46 Å². The minimum atomic E-state index is -1.19. The first-order valence-corrected chi connectivity index (χ1v) is 8.83. The van der Waals surface area contributed by atoms with E-state index in [1.165, 1.54) is 11.3 Å². The molecule has 0 fully saturated rings. The number of hydrogen-bond acceptors (Lipinski definition) is 1. The van der Waals surface area contributed by atoms with Gasteiger partial charge in [-0.25, -0.2) is 0 Å². The Morgan fingerprint density at radius 3 is 2.32 bits per heavy atom. The summed E-state index contributed by atoms with van der Waals surface area (Å²) >= 11 is 0. The molecule has 25 heavy (non-hydrogen) atoms. The molecule has 4 heteroatoms. The molecule has 0 saturated carbocycles. The van der Waals surface area contributed by atoms with E-state index in [1.807, 2.05) is 41.7 Å². The van der Waals surface area contributed by atoms with Crippen LogP contribution in [0.3, 0.4) is 0 Å². The molecule has 1 unspecified atom stereocenters. The Morgan fingerprint density at radius 2 is 1.76 bits per heavy atom. The molecule has 0 amide bonds. The fourth-order valence-electron chi connectivity index (χ4n) is 4.05. The number of nitrogens with zero attached hydrogens (tertiary/aromatic N) is 2. The van der Waals surface area contributed by atoms with Gasteiger partial charge in [-0.2, -0.15) is 0 Å². The number of hydrogen-bond donors (Lipinski definition) is 0. The van der Waals surface area contributed by atoms with Gasteiger partial charge in [0, 0.05) is 30.2 Å². The fourth-order valence-corrected chi connectivity index (χ4v) is 4.05. The van der Waals surface area contributed by atoms with Crippen molar-refractivity contribution >= 4 is 18.2 Å². The lowest BCUT2D eigenvalue weighted by Gasteiger charge is -2.24. The van der Waals surface area contributed by atoms with Crippen LogP contribution in [0.4, 0.5) is 4.32 Å². The van der Waals surface area contributed by atoms with Crippen molar-refractivity contribution < 1.29 is 4.32 Å². The van der Waals surface area contributed by atoms with Crippen LogP contribution in [0, 0.1) is 13.8 Å². The molecule has 1 atom stereocenters. The molecule has 0 aliphatic carbocycles. The van der Waals surface area contributed by atoms with Gasteiger partial charge in [0.1, 0.15) is 0 Å². The van der Waals surface area contributed by atoms with E-state index in [-0.39, 0.29) is 0 Å². The van der Waals surface area contributed by atoms with Crippen LogP contribution in [-0.4, -0.2) is 29.6 Å². The number of benzene rings is 1. The van der Waals surface area contributed by atoms with Gasteiger partial charge in [0.15, 0.2) is 0 Å². The molecule has 1 aliphatic heterocycles. The van der Waals surface area contributed by atoms with Crippen molar-refractivity contribution in [2.45, 2.75) is 40.7 Å². The number of allylic oxidation sites excluding steroid dienone is 2. The molecule has 0 bridgehead atoms. The largest absolute Gasteiger partial charge is 0.499 e. The van der Waals surface area contributed by atoms with E-state index in [2.05, 4.69) is 51.8 Å². The SMILES string of the molecule is CC1=CC(C)N(C)/C1=C(/C)c1c(C)cc(C)n1B(F)c1ccccc1. The molecule has 2 nitrogen and oxygen atoms in total. The molecule has 1 aliphatic rings. The summed E-state index contributed by atoms with van der Waals surface area (Å²) in [4.78, 5) is 2.27. The zero-order valence-corrected chi connectivity index (χ0v) is 16.0. The first-order chi connectivity index (χ1) is 11.8. The molecule has 0 spiro atoms. The van der Waals surface area contributed by atoms with Crippen LogP contribution in [-0.2, 0) is 0 Å². The second kappa shape index (κ2) is 6.59. The van der Waals surface area contributed by atoms with Gasteiger partial charge in [-0.15, -0.1) is 0 Å². The summed E-state index contributed by atoms with van der Waals surface area (Å²) < 4.78 is 17.3. The van der Waals surface area contributed by atoms with Crippen molar-refractivity contribution in [2.75, 3.05) is 7.05 Å². The van der Waals surface area contributed by atoms with Crippen LogP contribution in [0.25, 0.3) is 5.57 Å². The molecule has 0 saturated heterocycles. The second-order valence-corrected chi connectivity index (χ2v) is 7.11. The molecule has 1 aromatic heterocycles. The highest BCUT2D eigenvalue weighted by Gasteiger charge is 2.29. The van der Waals surface area contributed by atoms with Crippen LogP contribution in [0.15, 0.2) is 53.7 Å². The van der Waals surface area contributed by atoms with E-state index in [1.54, 1.807) is 0 Å². The van der Waals surface area contributed by atoms with E-state index < -0.39 is 7.12 Å².